The van der Waals surface area contributed by atoms with Gasteiger partial charge in [-0.15, -0.1) is 0 Å². The van der Waals surface area contributed by atoms with Gasteiger partial charge in [-0.25, -0.2) is 0 Å². The Balaban J connectivity index is 1.83. The van der Waals surface area contributed by atoms with Gasteiger partial charge in [0.25, 0.3) is 0 Å². The molecule has 0 aromatic heterocycles. The fraction of sp³-hybridized carbons (Fsp3) is 0. The Morgan fingerprint density at radius 2 is 0.475 bits per heavy atom. The average Bonchev–Trinajstić information content (AvgIpc) is 3.02. The Bertz CT molecular complexity index is 2380. The van der Waals surface area contributed by atoms with Crippen LogP contribution in [-0.4, -0.2) is 0 Å². The van der Waals surface area contributed by atoms with Gasteiger partial charge in [0.2, 0.25) is 0 Å². The van der Waals surface area contributed by atoms with Gasteiger partial charge in [0.1, 0.15) is 0 Å². The van der Waals surface area contributed by atoms with E-state index >= 15 is 0 Å². The largest absolute Gasteiger partial charge is 0.0616 e. The van der Waals surface area contributed by atoms with E-state index in [2.05, 4.69) is 158 Å². The van der Waals surface area contributed by atoms with Crippen LogP contribution < -0.4 is 0 Å². The second kappa shape index (κ2) is 9.22. The first kappa shape index (κ1) is 22.8. The van der Waals surface area contributed by atoms with Crippen molar-refractivity contribution < 1.29 is 0 Å². The second-order valence-corrected chi connectivity index (χ2v) is 10.5. The van der Waals surface area contributed by atoms with Gasteiger partial charge in [-0.1, -0.05) is 158 Å². The maximum Gasteiger partial charge on any atom is -0.00139 e. The van der Waals surface area contributed by atoms with Crippen molar-refractivity contribution >= 4 is 75.4 Å². The highest BCUT2D eigenvalue weighted by Crippen LogP contribution is 2.42. The molecule has 0 N–H and O–H groups in total. The van der Waals surface area contributed by atoms with Crippen molar-refractivity contribution in [3.05, 3.63) is 158 Å². The lowest BCUT2D eigenvalue weighted by molar-refractivity contribution is 1.77. The Kier molecular flexibility index (Phi) is 5.24. The van der Waals surface area contributed by atoms with Crippen molar-refractivity contribution in [2.75, 3.05) is 0 Å². The minimum Gasteiger partial charge on any atom is -0.0616 e. The molecule has 0 aliphatic rings. The monoisotopic (exact) mass is 506 g/mol. The first-order valence-corrected chi connectivity index (χ1v) is 13.9. The molecule has 0 heterocycles. The van der Waals surface area contributed by atoms with Crippen molar-refractivity contribution in [1.82, 2.24) is 0 Å². The number of hydrogen-bond acceptors (Lipinski definition) is 0. The summed E-state index contributed by atoms with van der Waals surface area (Å²) in [6.45, 7) is 0. The van der Waals surface area contributed by atoms with Gasteiger partial charge in [0, 0.05) is 0 Å². The van der Waals surface area contributed by atoms with E-state index in [-0.39, 0.29) is 0 Å². The zero-order valence-electron chi connectivity index (χ0n) is 22.0. The van der Waals surface area contributed by atoms with Gasteiger partial charge in [-0.3, -0.25) is 0 Å². The topological polar surface area (TPSA) is 0 Å². The van der Waals surface area contributed by atoms with Crippen molar-refractivity contribution in [3.63, 3.8) is 0 Å². The molecule has 0 fully saturated rings. The van der Waals surface area contributed by atoms with Gasteiger partial charge in [0.05, 0.1) is 0 Å². The lowest BCUT2D eigenvalue weighted by Crippen LogP contribution is -1.86. The summed E-state index contributed by atoms with van der Waals surface area (Å²) in [5.41, 5.74) is 0. The maximum atomic E-state index is 2.34. The molecule has 0 spiro atoms. The van der Waals surface area contributed by atoms with Crippen LogP contribution in [0.1, 0.15) is 0 Å². The molecular weight excluding hydrogens is 480 g/mol. The van der Waals surface area contributed by atoms with E-state index in [9.17, 15) is 0 Å². The summed E-state index contributed by atoms with van der Waals surface area (Å²) in [4.78, 5) is 0. The molecule has 0 radical (unpaired) electrons. The number of benzene rings is 7. The SMILES string of the molecule is c1ccc2ccc3ccccc3c3c4ccccc4c(c4ccccc4ccc2c1)c1ccc2ccccc2c13. The average molecular weight is 507 g/mol. The fourth-order valence-corrected chi connectivity index (χ4v) is 6.43. The quantitative estimate of drug-likeness (QED) is 0.142. The van der Waals surface area contributed by atoms with E-state index in [1.807, 2.05) is 0 Å². The third kappa shape index (κ3) is 3.54. The van der Waals surface area contributed by atoms with E-state index in [0.29, 0.717) is 0 Å². The Labute approximate surface area is 232 Å². The van der Waals surface area contributed by atoms with Crippen LogP contribution in [0.25, 0.3) is 75.4 Å². The molecule has 40 heavy (non-hydrogen) atoms. The van der Waals surface area contributed by atoms with E-state index in [1.54, 1.807) is 0 Å². The number of rotatable bonds is 0. The third-order valence-electron chi connectivity index (χ3n) is 8.26. The molecule has 186 valence electrons. The van der Waals surface area contributed by atoms with Crippen LogP contribution in [-0.2, 0) is 0 Å². The maximum absolute atomic E-state index is 2.34. The predicted molar refractivity (Wildman–Crippen MR) is 175 cm³/mol. The van der Waals surface area contributed by atoms with E-state index in [1.165, 1.54) is 75.4 Å². The van der Waals surface area contributed by atoms with E-state index in [0.717, 1.165) is 0 Å². The first-order chi connectivity index (χ1) is 19.9. The highest BCUT2D eigenvalue weighted by atomic mass is 14.2. The molecule has 9 aromatic rings. The standard InChI is InChI=1S/C40H26/c1-2-12-28-22-24-30-14-4-7-17-33(30)39-36-20-10-9-19-35(36)38(32-16-6-3-13-29(32)23-21-27(28)11-1)37-26-25-31-15-5-8-18-34(31)40(37)39/h1-26H. The van der Waals surface area contributed by atoms with Gasteiger partial charge >= 0.3 is 0 Å². The highest BCUT2D eigenvalue weighted by molar-refractivity contribution is 6.38. The van der Waals surface area contributed by atoms with E-state index < -0.39 is 0 Å². The molecule has 0 unspecified atom stereocenters. The Hall–Kier alpha value is -5.20. The fourth-order valence-electron chi connectivity index (χ4n) is 6.43. The van der Waals surface area contributed by atoms with Crippen molar-refractivity contribution in [2.24, 2.45) is 0 Å². The molecule has 0 aliphatic carbocycles. The Morgan fingerprint density at radius 3 is 0.975 bits per heavy atom. The molecular formula is C40H26. The van der Waals surface area contributed by atoms with E-state index in [4.69, 9.17) is 0 Å². The molecule has 2 bridgehead atoms. The van der Waals surface area contributed by atoms with Crippen LogP contribution in [0.2, 0.25) is 0 Å². The van der Waals surface area contributed by atoms with Crippen molar-refractivity contribution in [1.29, 1.82) is 0 Å². The Morgan fingerprint density at radius 1 is 0.175 bits per heavy atom. The van der Waals surface area contributed by atoms with Gasteiger partial charge < -0.3 is 0 Å². The first-order valence-electron chi connectivity index (χ1n) is 13.9. The third-order valence-corrected chi connectivity index (χ3v) is 8.26. The minimum absolute atomic E-state index is 1.21. The van der Waals surface area contributed by atoms with Crippen LogP contribution in [0, 0.1) is 0 Å². The van der Waals surface area contributed by atoms with Gasteiger partial charge in [-0.05, 0) is 75.4 Å². The molecule has 0 saturated heterocycles. The van der Waals surface area contributed by atoms with Crippen LogP contribution in [0.5, 0.6) is 0 Å². The summed E-state index contributed by atoms with van der Waals surface area (Å²) in [5.74, 6) is 0. The van der Waals surface area contributed by atoms with Gasteiger partial charge in [-0.2, -0.15) is 0 Å². The van der Waals surface area contributed by atoms with Crippen LogP contribution >= 0.6 is 0 Å². The molecule has 0 heteroatoms. The minimum atomic E-state index is 1.21. The predicted octanol–water partition coefficient (Wildman–Crippen LogP) is 11.4. The van der Waals surface area contributed by atoms with Crippen molar-refractivity contribution in [3.8, 4) is 0 Å². The summed E-state index contributed by atoms with van der Waals surface area (Å²) in [6.07, 6.45) is 0. The summed E-state index contributed by atoms with van der Waals surface area (Å²) >= 11 is 0. The van der Waals surface area contributed by atoms with Crippen molar-refractivity contribution in [2.45, 2.75) is 0 Å². The molecule has 0 amide bonds. The molecule has 9 aromatic carbocycles. The molecule has 0 aliphatic heterocycles. The lowest BCUT2D eigenvalue weighted by Gasteiger charge is -2.15. The zero-order chi connectivity index (χ0) is 26.5. The summed E-state index contributed by atoms with van der Waals surface area (Å²) in [5, 5.41) is 17.6. The van der Waals surface area contributed by atoms with Crippen LogP contribution in [0.15, 0.2) is 158 Å². The van der Waals surface area contributed by atoms with Gasteiger partial charge in [0.15, 0.2) is 0 Å². The zero-order valence-corrected chi connectivity index (χ0v) is 22.0. The normalized spacial score (nSPS) is 11.5. The second-order valence-electron chi connectivity index (χ2n) is 10.5. The molecule has 9 rings (SSSR count). The summed E-state index contributed by atoms with van der Waals surface area (Å²) in [7, 11) is 0. The van der Waals surface area contributed by atoms with Crippen LogP contribution in [0.4, 0.5) is 0 Å². The number of hydrogen-bond donors (Lipinski definition) is 0. The smallest absolute Gasteiger partial charge is 0.00139 e. The molecule has 0 nitrogen and oxygen atoms in total. The summed E-state index contributed by atoms with van der Waals surface area (Å²) in [6, 6.07) is 57.7. The molecule has 0 saturated carbocycles. The lowest BCUT2D eigenvalue weighted by atomic mass is 9.88. The summed E-state index contributed by atoms with van der Waals surface area (Å²) < 4.78 is 0. The molecule has 0 atom stereocenters. The van der Waals surface area contributed by atoms with Crippen LogP contribution in [0.3, 0.4) is 0 Å². The number of fused-ring (bicyclic) bond motifs is 3. The highest BCUT2D eigenvalue weighted by Gasteiger charge is 2.14.